The van der Waals surface area contributed by atoms with E-state index in [1.807, 2.05) is 39.3 Å². The largest absolute Gasteiger partial charge is 0.478 e. The first-order valence-electron chi connectivity index (χ1n) is 7.15. The normalized spacial score (nSPS) is 11.1. The number of hydrogen-bond donors (Lipinski definition) is 1. The van der Waals surface area contributed by atoms with E-state index in [4.69, 9.17) is 0 Å². The standard InChI is InChI=1S/C16H21N3O2/c1-6-19-11(5)14(10(4)18-19)13-8-7-12(16(20)21)15(17-13)9(2)3/h7-9H,6H2,1-5H3,(H,20,21). The van der Waals surface area contributed by atoms with Crippen LogP contribution in [0.1, 0.15) is 54.1 Å². The third-order valence-electron chi connectivity index (χ3n) is 3.64. The minimum Gasteiger partial charge on any atom is -0.478 e. The number of aromatic carboxylic acids is 1. The van der Waals surface area contributed by atoms with Gasteiger partial charge in [-0.15, -0.1) is 0 Å². The lowest BCUT2D eigenvalue weighted by Crippen LogP contribution is -2.07. The van der Waals surface area contributed by atoms with Crippen LogP contribution in [0.15, 0.2) is 12.1 Å². The Labute approximate surface area is 124 Å². The first kappa shape index (κ1) is 15.2. The first-order valence-corrected chi connectivity index (χ1v) is 7.15. The molecule has 0 fully saturated rings. The second kappa shape index (κ2) is 5.68. The topological polar surface area (TPSA) is 68.0 Å². The van der Waals surface area contributed by atoms with E-state index < -0.39 is 5.97 Å². The molecule has 0 saturated heterocycles. The highest BCUT2D eigenvalue weighted by Gasteiger charge is 2.19. The van der Waals surface area contributed by atoms with E-state index in [0.29, 0.717) is 5.69 Å². The van der Waals surface area contributed by atoms with Crippen molar-refractivity contribution >= 4 is 5.97 Å². The molecular weight excluding hydrogens is 266 g/mol. The van der Waals surface area contributed by atoms with Gasteiger partial charge in [0, 0.05) is 17.8 Å². The summed E-state index contributed by atoms with van der Waals surface area (Å²) in [5.41, 5.74) is 4.64. The fourth-order valence-electron chi connectivity index (χ4n) is 2.61. The fraction of sp³-hybridized carbons (Fsp3) is 0.438. The van der Waals surface area contributed by atoms with Gasteiger partial charge >= 0.3 is 5.97 Å². The van der Waals surface area contributed by atoms with E-state index in [0.717, 1.165) is 29.2 Å². The van der Waals surface area contributed by atoms with Crippen LogP contribution in [-0.4, -0.2) is 25.8 Å². The van der Waals surface area contributed by atoms with Gasteiger partial charge in [0.2, 0.25) is 0 Å². The van der Waals surface area contributed by atoms with Crippen molar-refractivity contribution in [1.29, 1.82) is 0 Å². The molecule has 21 heavy (non-hydrogen) atoms. The van der Waals surface area contributed by atoms with Crippen LogP contribution in [0.4, 0.5) is 0 Å². The molecule has 0 aromatic carbocycles. The van der Waals surface area contributed by atoms with E-state index in [1.54, 1.807) is 12.1 Å². The summed E-state index contributed by atoms with van der Waals surface area (Å²) < 4.78 is 1.94. The monoisotopic (exact) mass is 287 g/mol. The molecule has 0 aliphatic carbocycles. The van der Waals surface area contributed by atoms with Gasteiger partial charge in [0.05, 0.1) is 22.6 Å². The number of aromatic nitrogens is 3. The fourth-order valence-corrected chi connectivity index (χ4v) is 2.61. The molecule has 0 aliphatic heterocycles. The van der Waals surface area contributed by atoms with E-state index in [9.17, 15) is 9.90 Å². The van der Waals surface area contributed by atoms with Gasteiger partial charge in [-0.2, -0.15) is 5.10 Å². The number of carboxylic acids is 1. The predicted octanol–water partition coefficient (Wildman–Crippen LogP) is 3.40. The van der Waals surface area contributed by atoms with E-state index in [1.165, 1.54) is 0 Å². The van der Waals surface area contributed by atoms with Crippen LogP contribution < -0.4 is 0 Å². The predicted molar refractivity (Wildman–Crippen MR) is 81.7 cm³/mol. The Hall–Kier alpha value is -2.17. The van der Waals surface area contributed by atoms with Crippen LogP contribution in [0, 0.1) is 13.8 Å². The molecule has 0 spiro atoms. The summed E-state index contributed by atoms with van der Waals surface area (Å²) in [6.07, 6.45) is 0. The van der Waals surface area contributed by atoms with Crippen molar-refractivity contribution in [3.05, 3.63) is 34.8 Å². The molecule has 0 bridgehead atoms. The minimum atomic E-state index is -0.935. The highest BCUT2D eigenvalue weighted by atomic mass is 16.4. The number of pyridine rings is 1. The molecule has 2 heterocycles. The van der Waals surface area contributed by atoms with Crippen molar-refractivity contribution in [3.63, 3.8) is 0 Å². The summed E-state index contributed by atoms with van der Waals surface area (Å²) in [6.45, 7) is 10.7. The third kappa shape index (κ3) is 2.68. The highest BCUT2D eigenvalue weighted by molar-refractivity contribution is 5.89. The quantitative estimate of drug-likeness (QED) is 0.935. The van der Waals surface area contributed by atoms with Crippen molar-refractivity contribution in [2.24, 2.45) is 0 Å². The zero-order valence-corrected chi connectivity index (χ0v) is 13.1. The van der Waals surface area contributed by atoms with Gasteiger partial charge in [-0.05, 0) is 38.8 Å². The molecule has 2 aromatic heterocycles. The molecule has 112 valence electrons. The van der Waals surface area contributed by atoms with Gasteiger partial charge in [0.15, 0.2) is 0 Å². The van der Waals surface area contributed by atoms with Gasteiger partial charge in [0.25, 0.3) is 0 Å². The summed E-state index contributed by atoms with van der Waals surface area (Å²) in [7, 11) is 0. The lowest BCUT2D eigenvalue weighted by atomic mass is 10.0. The average molecular weight is 287 g/mol. The zero-order chi connectivity index (χ0) is 15.7. The van der Waals surface area contributed by atoms with Crippen molar-refractivity contribution in [2.75, 3.05) is 0 Å². The molecule has 0 radical (unpaired) electrons. The summed E-state index contributed by atoms with van der Waals surface area (Å²) in [5, 5.41) is 13.8. The zero-order valence-electron chi connectivity index (χ0n) is 13.1. The van der Waals surface area contributed by atoms with Crippen molar-refractivity contribution in [3.8, 4) is 11.3 Å². The van der Waals surface area contributed by atoms with Gasteiger partial charge in [-0.25, -0.2) is 4.79 Å². The van der Waals surface area contributed by atoms with E-state index in [-0.39, 0.29) is 11.5 Å². The van der Waals surface area contributed by atoms with Crippen LogP contribution in [0.5, 0.6) is 0 Å². The Kier molecular flexibility index (Phi) is 4.11. The number of hydrogen-bond acceptors (Lipinski definition) is 3. The summed E-state index contributed by atoms with van der Waals surface area (Å²) in [5.74, 6) is -0.881. The Bertz CT molecular complexity index is 687. The highest BCUT2D eigenvalue weighted by Crippen LogP contribution is 2.28. The van der Waals surface area contributed by atoms with Crippen LogP contribution in [-0.2, 0) is 6.54 Å². The van der Waals surface area contributed by atoms with Crippen LogP contribution in [0.25, 0.3) is 11.3 Å². The molecule has 0 saturated carbocycles. The molecule has 2 rings (SSSR count). The SMILES string of the molecule is CCn1nc(C)c(-c2ccc(C(=O)O)c(C(C)C)n2)c1C. The molecule has 2 aromatic rings. The van der Waals surface area contributed by atoms with Crippen LogP contribution in [0.2, 0.25) is 0 Å². The molecule has 0 atom stereocenters. The lowest BCUT2D eigenvalue weighted by molar-refractivity contribution is 0.0694. The minimum absolute atomic E-state index is 0.0536. The van der Waals surface area contributed by atoms with Gasteiger partial charge in [0.1, 0.15) is 0 Å². The second-order valence-corrected chi connectivity index (χ2v) is 5.45. The maximum Gasteiger partial charge on any atom is 0.337 e. The maximum absolute atomic E-state index is 11.3. The third-order valence-corrected chi connectivity index (χ3v) is 3.64. The first-order chi connectivity index (χ1) is 9.86. The molecule has 1 N–H and O–H groups in total. The van der Waals surface area contributed by atoms with Gasteiger partial charge in [-0.3, -0.25) is 9.67 Å². The molecular formula is C16H21N3O2. The Morgan fingerprint density at radius 2 is 2.00 bits per heavy atom. The molecule has 0 aliphatic rings. The molecule has 5 nitrogen and oxygen atoms in total. The maximum atomic E-state index is 11.3. The van der Waals surface area contributed by atoms with E-state index >= 15 is 0 Å². The number of nitrogens with zero attached hydrogens (tertiary/aromatic N) is 3. The molecule has 0 unspecified atom stereocenters. The van der Waals surface area contributed by atoms with Gasteiger partial charge < -0.3 is 5.11 Å². The van der Waals surface area contributed by atoms with Gasteiger partial charge in [-0.1, -0.05) is 13.8 Å². The Balaban J connectivity index is 2.63. The number of aryl methyl sites for hydroxylation is 2. The molecule has 0 amide bonds. The second-order valence-electron chi connectivity index (χ2n) is 5.45. The smallest absolute Gasteiger partial charge is 0.337 e. The number of carbonyl (C=O) groups is 1. The van der Waals surface area contributed by atoms with Crippen molar-refractivity contribution in [1.82, 2.24) is 14.8 Å². The van der Waals surface area contributed by atoms with Crippen LogP contribution >= 0.6 is 0 Å². The summed E-state index contributed by atoms with van der Waals surface area (Å²) >= 11 is 0. The average Bonchev–Trinajstić information content (AvgIpc) is 2.72. The Morgan fingerprint density at radius 3 is 2.48 bits per heavy atom. The summed E-state index contributed by atoms with van der Waals surface area (Å²) in [6, 6.07) is 3.41. The Morgan fingerprint density at radius 1 is 1.33 bits per heavy atom. The lowest BCUT2D eigenvalue weighted by Gasteiger charge is -2.11. The van der Waals surface area contributed by atoms with Crippen LogP contribution in [0.3, 0.4) is 0 Å². The van der Waals surface area contributed by atoms with Crippen molar-refractivity contribution < 1.29 is 9.90 Å². The number of carboxylic acid groups (broad SMARTS) is 1. The number of rotatable bonds is 4. The molecule has 5 heteroatoms. The summed E-state index contributed by atoms with van der Waals surface area (Å²) in [4.78, 5) is 15.9. The van der Waals surface area contributed by atoms with Crippen molar-refractivity contribution in [2.45, 2.75) is 47.1 Å². The van der Waals surface area contributed by atoms with E-state index in [2.05, 4.69) is 10.1 Å².